The topological polar surface area (TPSA) is 191 Å². The van der Waals surface area contributed by atoms with Crippen LogP contribution in [0.1, 0.15) is 224 Å². The Morgan fingerprint density at radius 2 is 0.676 bits per heavy atom. The van der Waals surface area contributed by atoms with E-state index in [9.17, 15) is 0 Å². The summed E-state index contributed by atoms with van der Waals surface area (Å²) in [6.45, 7) is 68.3. The van der Waals surface area contributed by atoms with Gasteiger partial charge in [-0.3, -0.25) is 4.90 Å². The van der Waals surface area contributed by atoms with E-state index in [4.69, 9.17) is 22.9 Å². The number of nitrogens with one attached hydrogen (secondary N) is 4. The highest BCUT2D eigenvalue weighted by atomic mass is 15.2. The predicted molar refractivity (Wildman–Crippen MR) is 341 cm³/mol. The molecule has 0 aliphatic heterocycles. The quantitative estimate of drug-likeness (QED) is 0.0440. The van der Waals surface area contributed by atoms with Gasteiger partial charge in [0.2, 0.25) is 0 Å². The summed E-state index contributed by atoms with van der Waals surface area (Å²) in [4.78, 5) is 9.42. The molecule has 0 unspecified atom stereocenters. The maximum atomic E-state index is 5.14. The molecule has 0 bridgehead atoms. The number of nitrogens with two attached hydrogens (primary N) is 5. The summed E-state index contributed by atoms with van der Waals surface area (Å²) in [6.07, 6.45) is 9.86. The Hall–Kier alpha value is -0.520. The van der Waals surface area contributed by atoms with Crippen LogP contribution in [0, 0.1) is 0 Å². The van der Waals surface area contributed by atoms with E-state index in [-0.39, 0.29) is 0 Å². The molecule has 0 rings (SSSR count). The third-order valence-corrected chi connectivity index (χ3v) is 7.62. The number of hydrogen-bond donors (Lipinski definition) is 9. The van der Waals surface area contributed by atoms with Crippen molar-refractivity contribution in [3.05, 3.63) is 0 Å². The molecule has 0 amide bonds. The average Bonchev–Trinajstić information content (AvgIpc) is 3.27. The minimum Gasteiger partial charge on any atom is -0.333 e. The Labute approximate surface area is 456 Å². The molecule has 452 valence electrons. The number of unbranched alkanes of at least 4 members (excludes halogenated alkanes) is 1. The van der Waals surface area contributed by atoms with E-state index in [1.165, 1.54) is 104 Å². The van der Waals surface area contributed by atoms with Gasteiger partial charge < -0.3 is 64.6 Å². The zero-order valence-corrected chi connectivity index (χ0v) is 56.0. The monoisotopic (exact) mass is 1030 g/mol. The van der Waals surface area contributed by atoms with Crippen molar-refractivity contribution in [1.29, 1.82) is 0 Å². The van der Waals surface area contributed by atoms with Crippen LogP contribution in [-0.2, 0) is 0 Å². The molecule has 13 heteroatoms. The molecule has 0 radical (unpaired) electrons. The molecule has 0 aromatic carbocycles. The molecule has 0 heterocycles. The van der Waals surface area contributed by atoms with Gasteiger partial charge in [0, 0.05) is 30.2 Å². The zero-order chi connectivity index (χ0) is 59.5. The number of hydrogen-bond acceptors (Lipinski definition) is 13. The average molecular weight is 1030 g/mol. The van der Waals surface area contributed by atoms with Gasteiger partial charge in [-0.2, -0.15) is 0 Å². The van der Waals surface area contributed by atoms with Crippen molar-refractivity contribution in [2.75, 3.05) is 127 Å². The van der Waals surface area contributed by atoms with E-state index < -0.39 is 0 Å². The lowest BCUT2D eigenvalue weighted by molar-refractivity contribution is 0.133. The van der Waals surface area contributed by atoms with Crippen molar-refractivity contribution in [3.63, 3.8) is 0 Å². The Balaban J connectivity index is -0.0000000477. The van der Waals surface area contributed by atoms with Crippen LogP contribution in [0.25, 0.3) is 0 Å². The van der Waals surface area contributed by atoms with Gasteiger partial charge >= 0.3 is 0 Å². The van der Waals surface area contributed by atoms with Gasteiger partial charge in [0.05, 0.1) is 0 Å². The lowest BCUT2D eigenvalue weighted by Crippen LogP contribution is -2.42. The van der Waals surface area contributed by atoms with Crippen molar-refractivity contribution in [3.8, 4) is 0 Å². The second-order valence-corrected chi connectivity index (χ2v) is 18.8. The normalized spacial score (nSPS) is 9.55. The standard InChI is InChI=1S/2C9H21N.3C6H15N.2C4H11N.3C3H9N.2C2H7N.CH5N/c1-7(2)10(8(3)4)9(5)6;1-4-7-10(8-5-2)9-6-3;1-5(2)7-6(3)4;1-4-7(5-2)6-3;1-3-5-7-6-4-2;1-3-5-4-2;1-2-3-4-5;1-4(2)3;1-3(2)4;1-2-3-4;1-3-2;1-2-3;1-2/h7-9H,1-6H3;4-9H2,1-3H3;5-7H,1-4H3;4-6H2,1-3H3;7H,3-6H2,1-2H3;5H,3-4H2,1-2H3;2-5H2,1H3;1-3H3;3H,4H2,1-2H3;2-4H2,1H3;3H,1-2H3;2-3H2,1H3;2H2,1H3. The molecule has 0 saturated carbocycles. The van der Waals surface area contributed by atoms with Crippen LogP contribution in [0.2, 0.25) is 0 Å². The molecule has 0 spiro atoms. The summed E-state index contributed by atoms with van der Waals surface area (Å²) in [6, 6.07) is 3.58. The highest BCUT2D eigenvalue weighted by Crippen LogP contribution is 2.09. The van der Waals surface area contributed by atoms with Crippen molar-refractivity contribution in [1.82, 2.24) is 40.9 Å². The van der Waals surface area contributed by atoms with Crippen LogP contribution in [0.5, 0.6) is 0 Å². The lowest BCUT2D eigenvalue weighted by atomic mass is 10.2. The van der Waals surface area contributed by atoms with Crippen LogP contribution in [0.4, 0.5) is 0 Å². The van der Waals surface area contributed by atoms with E-state index in [2.05, 4.69) is 194 Å². The van der Waals surface area contributed by atoms with Gasteiger partial charge in [0.15, 0.2) is 0 Å². The molecule has 0 aliphatic carbocycles. The zero-order valence-electron chi connectivity index (χ0n) is 56.0. The van der Waals surface area contributed by atoms with Gasteiger partial charge in [-0.1, -0.05) is 138 Å². The first-order valence-electron chi connectivity index (χ1n) is 29.3. The first-order chi connectivity index (χ1) is 33.2. The maximum Gasteiger partial charge on any atom is 0.00439 e. The Kier molecular flexibility index (Phi) is 159. The molecule has 0 aromatic heterocycles. The van der Waals surface area contributed by atoms with Crippen molar-refractivity contribution in [2.24, 2.45) is 28.7 Å². The van der Waals surface area contributed by atoms with Crippen LogP contribution in [0.15, 0.2) is 0 Å². The second kappa shape index (κ2) is 110. The minimum absolute atomic E-state index is 0.333. The van der Waals surface area contributed by atoms with E-state index >= 15 is 0 Å². The van der Waals surface area contributed by atoms with E-state index in [0.717, 1.165) is 39.1 Å². The molecular weight excluding hydrogens is 879 g/mol. The molecule has 0 aliphatic rings. The fraction of sp³-hybridized carbons (Fsp3) is 1.00. The van der Waals surface area contributed by atoms with Gasteiger partial charge in [-0.15, -0.1) is 0 Å². The maximum absolute atomic E-state index is 5.14. The van der Waals surface area contributed by atoms with Gasteiger partial charge in [0.25, 0.3) is 0 Å². The van der Waals surface area contributed by atoms with E-state index in [0.29, 0.717) is 36.3 Å². The molecular formula is C58H155N13. The van der Waals surface area contributed by atoms with Gasteiger partial charge in [0.1, 0.15) is 0 Å². The second-order valence-electron chi connectivity index (χ2n) is 18.8. The number of rotatable bonds is 23. The number of nitrogens with zero attached hydrogens (tertiary/aromatic N) is 4. The van der Waals surface area contributed by atoms with Crippen molar-refractivity contribution < 1.29 is 0 Å². The molecule has 0 aromatic rings. The fourth-order valence-corrected chi connectivity index (χ4v) is 5.34. The summed E-state index contributed by atoms with van der Waals surface area (Å²) in [7, 11) is 11.2. The van der Waals surface area contributed by atoms with Crippen LogP contribution in [0.3, 0.4) is 0 Å². The van der Waals surface area contributed by atoms with Crippen molar-refractivity contribution >= 4 is 0 Å². The molecule has 14 N–H and O–H groups in total. The van der Waals surface area contributed by atoms with E-state index in [1.807, 2.05) is 60.9 Å². The molecule has 71 heavy (non-hydrogen) atoms. The highest BCUT2D eigenvalue weighted by molar-refractivity contribution is 4.70. The highest BCUT2D eigenvalue weighted by Gasteiger charge is 2.15. The molecule has 13 nitrogen and oxygen atoms in total. The molecule has 0 atom stereocenters. The Morgan fingerprint density at radius 3 is 0.732 bits per heavy atom. The largest absolute Gasteiger partial charge is 0.333 e. The Bertz CT molecular complexity index is 592. The van der Waals surface area contributed by atoms with Crippen LogP contribution >= 0.6 is 0 Å². The smallest absolute Gasteiger partial charge is 0.00439 e. The summed E-state index contributed by atoms with van der Waals surface area (Å²) in [5.74, 6) is 0. The summed E-state index contributed by atoms with van der Waals surface area (Å²) in [5, 5.41) is 12.5. The third kappa shape index (κ3) is 203. The van der Waals surface area contributed by atoms with Crippen molar-refractivity contribution in [2.45, 2.75) is 261 Å². The predicted octanol–water partition coefficient (Wildman–Crippen LogP) is 10.8. The first kappa shape index (κ1) is 103. The summed E-state index contributed by atoms with van der Waals surface area (Å²) >= 11 is 0. The van der Waals surface area contributed by atoms with Crippen LogP contribution in [-0.4, -0.2) is 183 Å². The lowest BCUT2D eigenvalue weighted by Gasteiger charge is -2.34. The SMILES string of the molecule is CC(C)N.CC(C)N(C(C)C)C(C)C.CC(C)NC(C)C.CCCCN.CCCN.CCCN(CCC)CCC.CCCNCCC.CCN.CCN(CC)CC.CCNCC.CN.CN(C)C.CNC. The third-order valence-electron chi connectivity index (χ3n) is 7.62. The van der Waals surface area contributed by atoms with Crippen LogP contribution < -0.4 is 49.9 Å². The Morgan fingerprint density at radius 1 is 0.423 bits per heavy atom. The molecule has 0 saturated heterocycles. The molecule has 0 fully saturated rings. The summed E-state index contributed by atoms with van der Waals surface area (Å²) in [5.41, 5.74) is 24.6. The fourth-order valence-electron chi connectivity index (χ4n) is 5.34. The first-order valence-corrected chi connectivity index (χ1v) is 29.3. The van der Waals surface area contributed by atoms with Gasteiger partial charge in [-0.05, 0) is 220 Å². The minimum atomic E-state index is 0.333. The summed E-state index contributed by atoms with van der Waals surface area (Å²) < 4.78 is 0. The van der Waals surface area contributed by atoms with Gasteiger partial charge in [-0.25, -0.2) is 0 Å². The van der Waals surface area contributed by atoms with E-state index in [1.54, 1.807) is 0 Å².